The quantitative estimate of drug-likeness (QED) is 0.271. The van der Waals surface area contributed by atoms with Crippen LogP contribution in [0.2, 0.25) is 10.0 Å². The number of oxazole rings is 1. The molecular formula is C22H18Cl2N4O7. The summed E-state index contributed by atoms with van der Waals surface area (Å²) < 4.78 is 6.49. The van der Waals surface area contributed by atoms with E-state index in [2.05, 4.69) is 15.6 Å². The van der Waals surface area contributed by atoms with Crippen LogP contribution in [0.15, 0.2) is 51.9 Å². The largest absolute Gasteiger partial charge is 0.481 e. The van der Waals surface area contributed by atoms with Gasteiger partial charge in [-0.25, -0.2) is 4.98 Å². The fraction of sp³-hybridized carbons (Fsp3) is 0.182. The second kappa shape index (κ2) is 11.0. The molecule has 2 amide bonds. The summed E-state index contributed by atoms with van der Waals surface area (Å²) in [6.45, 7) is 1.37. The van der Waals surface area contributed by atoms with Crippen LogP contribution in [-0.2, 0) is 14.4 Å². The van der Waals surface area contributed by atoms with Gasteiger partial charge < -0.3 is 24.7 Å². The third kappa shape index (κ3) is 5.76. The fourth-order valence-corrected chi connectivity index (χ4v) is 3.76. The zero-order valence-corrected chi connectivity index (χ0v) is 19.5. The number of benzene rings is 1. The van der Waals surface area contributed by atoms with Gasteiger partial charge in [-0.1, -0.05) is 29.3 Å². The van der Waals surface area contributed by atoms with Crippen molar-refractivity contribution in [3.8, 4) is 11.3 Å². The van der Waals surface area contributed by atoms with E-state index in [4.69, 9.17) is 27.6 Å². The van der Waals surface area contributed by atoms with Crippen LogP contribution in [0.4, 0.5) is 5.69 Å². The average molecular weight is 521 g/mol. The lowest BCUT2D eigenvalue weighted by molar-refractivity contribution is -0.137. The number of halogens is 2. The van der Waals surface area contributed by atoms with Crippen molar-refractivity contribution in [2.45, 2.75) is 25.4 Å². The number of amides is 2. The molecule has 0 aliphatic rings. The summed E-state index contributed by atoms with van der Waals surface area (Å²) in [5.74, 6) is -3.50. The molecule has 0 fully saturated rings. The number of aliphatic carboxylic acids is 1. The SMILES string of the molecule is C[C@@H](C(=O)N[C@@H](CC(=O)O)C(=O)c1ncc(-c2c(Cl)cccc2Cl)o1)n1cccc(NC=O)c1=O. The number of carboxylic acids is 1. The molecular weight excluding hydrogens is 503 g/mol. The number of hydrogen-bond acceptors (Lipinski definition) is 7. The minimum Gasteiger partial charge on any atom is -0.481 e. The highest BCUT2D eigenvalue weighted by Gasteiger charge is 2.31. The van der Waals surface area contributed by atoms with Crippen molar-refractivity contribution >= 4 is 53.0 Å². The Labute approximate surface area is 207 Å². The Morgan fingerprint density at radius 1 is 1.20 bits per heavy atom. The fourth-order valence-electron chi connectivity index (χ4n) is 3.18. The van der Waals surface area contributed by atoms with Crippen molar-refractivity contribution in [3.63, 3.8) is 0 Å². The van der Waals surface area contributed by atoms with Gasteiger partial charge in [-0.3, -0.25) is 24.0 Å². The molecule has 0 aliphatic carbocycles. The van der Waals surface area contributed by atoms with Gasteiger partial charge in [0.2, 0.25) is 18.1 Å². The topological polar surface area (TPSA) is 161 Å². The van der Waals surface area contributed by atoms with Crippen LogP contribution in [-0.4, -0.2) is 44.8 Å². The number of nitrogens with one attached hydrogen (secondary N) is 2. The normalized spacial score (nSPS) is 12.4. The predicted molar refractivity (Wildman–Crippen MR) is 126 cm³/mol. The third-order valence-electron chi connectivity index (χ3n) is 4.92. The second-order valence-electron chi connectivity index (χ2n) is 7.22. The monoisotopic (exact) mass is 520 g/mol. The Morgan fingerprint density at radius 3 is 2.51 bits per heavy atom. The molecule has 11 nitrogen and oxygen atoms in total. The molecule has 3 aromatic rings. The number of carbonyl (C=O) groups is 4. The summed E-state index contributed by atoms with van der Waals surface area (Å²) in [5, 5.41) is 14.3. The molecule has 3 N–H and O–H groups in total. The van der Waals surface area contributed by atoms with Crippen LogP contribution in [0.3, 0.4) is 0 Å². The Bertz CT molecular complexity index is 1330. The van der Waals surface area contributed by atoms with Crippen molar-refractivity contribution in [1.82, 2.24) is 14.9 Å². The summed E-state index contributed by atoms with van der Waals surface area (Å²) in [4.78, 5) is 64.2. The van der Waals surface area contributed by atoms with Crippen LogP contribution in [0.1, 0.15) is 30.1 Å². The van der Waals surface area contributed by atoms with Crippen molar-refractivity contribution in [2.24, 2.45) is 0 Å². The van der Waals surface area contributed by atoms with Crippen LogP contribution in [0, 0.1) is 0 Å². The molecule has 182 valence electrons. The molecule has 0 bridgehead atoms. The molecule has 35 heavy (non-hydrogen) atoms. The lowest BCUT2D eigenvalue weighted by Crippen LogP contribution is -2.46. The Morgan fingerprint density at radius 2 is 1.89 bits per heavy atom. The predicted octanol–water partition coefficient (Wildman–Crippen LogP) is 2.78. The molecule has 0 aliphatic heterocycles. The number of aromatic nitrogens is 2. The standard InChI is InChI=1S/C22H18Cl2N4O7/c1-11(28-7-3-6-14(22(28)34)26-10-29)20(33)27-15(8-17(30)31)19(32)21-25-9-16(35-21)18-12(23)4-2-5-13(18)24/h2-7,9-11,15H,8H2,1H3,(H,26,29)(H,27,33)(H,30,31)/t11-,15-/m0/s1. The van der Waals surface area contributed by atoms with Gasteiger partial charge in [0.1, 0.15) is 17.8 Å². The van der Waals surface area contributed by atoms with Crippen molar-refractivity contribution in [2.75, 3.05) is 5.32 Å². The first-order valence-electron chi connectivity index (χ1n) is 10.0. The number of hydrogen-bond donors (Lipinski definition) is 3. The maximum atomic E-state index is 13.0. The van der Waals surface area contributed by atoms with Gasteiger partial charge in [0.15, 0.2) is 5.76 Å². The average Bonchev–Trinajstić information content (AvgIpc) is 3.28. The third-order valence-corrected chi connectivity index (χ3v) is 5.55. The maximum absolute atomic E-state index is 13.0. The highest BCUT2D eigenvalue weighted by atomic mass is 35.5. The minimum atomic E-state index is -1.55. The molecule has 2 heterocycles. The molecule has 0 saturated carbocycles. The number of ketones is 1. The minimum absolute atomic E-state index is 0.0640. The molecule has 0 spiro atoms. The molecule has 1 aromatic carbocycles. The number of anilines is 1. The van der Waals surface area contributed by atoms with Crippen LogP contribution in [0.25, 0.3) is 11.3 Å². The lowest BCUT2D eigenvalue weighted by atomic mass is 10.1. The van der Waals surface area contributed by atoms with Gasteiger partial charge in [0.25, 0.3) is 11.4 Å². The number of carbonyl (C=O) groups excluding carboxylic acids is 3. The highest BCUT2D eigenvalue weighted by Crippen LogP contribution is 2.35. The Balaban J connectivity index is 1.85. The molecule has 2 atom stereocenters. The smallest absolute Gasteiger partial charge is 0.305 e. The van der Waals surface area contributed by atoms with Crippen molar-refractivity contribution in [3.05, 3.63) is 69.0 Å². The Kier molecular flexibility index (Phi) is 8.05. The summed E-state index contributed by atoms with van der Waals surface area (Å²) in [6, 6.07) is 4.81. The molecule has 2 aromatic heterocycles. The summed E-state index contributed by atoms with van der Waals surface area (Å²) in [6.07, 6.45) is 2.05. The van der Waals surface area contributed by atoms with E-state index in [1.54, 1.807) is 18.2 Å². The molecule has 3 rings (SSSR count). The van der Waals surface area contributed by atoms with Gasteiger partial charge in [0, 0.05) is 6.20 Å². The van der Waals surface area contributed by atoms with E-state index in [0.717, 1.165) is 4.57 Å². The van der Waals surface area contributed by atoms with Gasteiger partial charge in [0.05, 0.1) is 28.2 Å². The zero-order valence-electron chi connectivity index (χ0n) is 18.0. The summed E-state index contributed by atoms with van der Waals surface area (Å²) in [5.41, 5.74) is -0.443. The van der Waals surface area contributed by atoms with E-state index in [9.17, 15) is 29.1 Å². The van der Waals surface area contributed by atoms with Gasteiger partial charge in [-0.15, -0.1) is 0 Å². The second-order valence-corrected chi connectivity index (χ2v) is 8.04. The molecule has 13 heteroatoms. The molecule has 0 unspecified atom stereocenters. The van der Waals surface area contributed by atoms with Crippen LogP contribution < -0.4 is 16.2 Å². The first-order chi connectivity index (χ1) is 16.6. The van der Waals surface area contributed by atoms with E-state index < -0.39 is 47.6 Å². The van der Waals surface area contributed by atoms with Crippen molar-refractivity contribution in [1.29, 1.82) is 0 Å². The highest BCUT2D eigenvalue weighted by molar-refractivity contribution is 6.39. The number of Topliss-reactive ketones (excluding diaryl/α,β-unsaturated/α-hetero) is 1. The summed E-state index contributed by atoms with van der Waals surface area (Å²) >= 11 is 12.3. The van der Waals surface area contributed by atoms with E-state index >= 15 is 0 Å². The van der Waals surface area contributed by atoms with Crippen LogP contribution >= 0.6 is 23.2 Å². The van der Waals surface area contributed by atoms with Gasteiger partial charge in [-0.2, -0.15) is 0 Å². The van der Waals surface area contributed by atoms with E-state index in [0.29, 0.717) is 6.41 Å². The molecule has 0 saturated heterocycles. The number of pyridine rings is 1. The van der Waals surface area contributed by atoms with E-state index in [1.165, 1.54) is 31.5 Å². The molecule has 0 radical (unpaired) electrons. The van der Waals surface area contributed by atoms with Gasteiger partial charge >= 0.3 is 5.97 Å². The maximum Gasteiger partial charge on any atom is 0.305 e. The first-order valence-corrected chi connectivity index (χ1v) is 10.8. The van der Waals surface area contributed by atoms with Gasteiger partial charge in [-0.05, 0) is 31.2 Å². The van der Waals surface area contributed by atoms with Crippen LogP contribution in [0.5, 0.6) is 0 Å². The Hall–Kier alpha value is -3.96. The number of rotatable bonds is 10. The lowest BCUT2D eigenvalue weighted by Gasteiger charge is -2.19. The van der Waals surface area contributed by atoms with E-state index in [1.807, 2.05) is 0 Å². The zero-order chi connectivity index (χ0) is 25.7. The van der Waals surface area contributed by atoms with E-state index in [-0.39, 0.29) is 27.1 Å². The number of carboxylic acid groups (broad SMARTS) is 1. The van der Waals surface area contributed by atoms with Crippen molar-refractivity contribution < 1.29 is 28.7 Å². The summed E-state index contributed by atoms with van der Waals surface area (Å²) in [7, 11) is 0. The first kappa shape index (κ1) is 25.7. The number of nitrogens with zero attached hydrogens (tertiary/aromatic N) is 2.